The van der Waals surface area contributed by atoms with Crippen LogP contribution in [-0.4, -0.2) is 14.5 Å². The van der Waals surface area contributed by atoms with Crippen molar-refractivity contribution in [2.45, 2.75) is 20.0 Å². The highest BCUT2D eigenvalue weighted by Crippen LogP contribution is 1.86. The molecule has 0 saturated heterocycles. The molecule has 0 spiro atoms. The molecule has 0 saturated carbocycles. The van der Waals surface area contributed by atoms with E-state index in [2.05, 4.69) is 13.2 Å². The standard InChI is InChI=1S/C5H10O.C2H3FO2S/c1-4-6-5(2)3;1-2-6(3,4)5/h4-5H,1H2,2-3H3;2H,1H2. The van der Waals surface area contributed by atoms with Gasteiger partial charge in [0.05, 0.1) is 17.8 Å². The predicted molar refractivity (Wildman–Crippen MR) is 46.6 cm³/mol. The van der Waals surface area contributed by atoms with Crippen LogP contribution in [0.4, 0.5) is 3.89 Å². The SMILES string of the molecule is C=COC(C)C.C=CS(=O)(=O)F. The van der Waals surface area contributed by atoms with Crippen LogP contribution in [0.3, 0.4) is 0 Å². The van der Waals surface area contributed by atoms with Crippen molar-refractivity contribution in [1.29, 1.82) is 0 Å². The molecule has 3 nitrogen and oxygen atoms in total. The molecule has 0 aromatic rings. The van der Waals surface area contributed by atoms with Gasteiger partial charge in [0, 0.05) is 0 Å². The van der Waals surface area contributed by atoms with Gasteiger partial charge in [-0.2, -0.15) is 8.42 Å². The fourth-order valence-corrected chi connectivity index (χ4v) is 0.192. The Labute approximate surface area is 72.8 Å². The Balaban J connectivity index is 0. The lowest BCUT2D eigenvalue weighted by atomic mass is 10.5. The van der Waals surface area contributed by atoms with Crippen LogP contribution in [-0.2, 0) is 15.0 Å². The molecule has 5 heteroatoms. The largest absolute Gasteiger partial charge is 0.499 e. The molecule has 12 heavy (non-hydrogen) atoms. The first-order chi connectivity index (χ1) is 5.33. The molecule has 0 rings (SSSR count). The summed E-state index contributed by atoms with van der Waals surface area (Å²) in [5.74, 6) is 0. The van der Waals surface area contributed by atoms with E-state index in [1.54, 1.807) is 0 Å². The zero-order valence-corrected chi connectivity index (χ0v) is 7.97. The maximum absolute atomic E-state index is 11.0. The first kappa shape index (κ1) is 13.7. The van der Waals surface area contributed by atoms with Crippen LogP contribution in [0.25, 0.3) is 0 Å². The smallest absolute Gasteiger partial charge is 0.324 e. The average Bonchev–Trinajstić information content (AvgIpc) is 1.87. The van der Waals surface area contributed by atoms with Crippen molar-refractivity contribution in [1.82, 2.24) is 0 Å². The fraction of sp³-hybridized carbons (Fsp3) is 0.429. The molecule has 0 N–H and O–H groups in total. The van der Waals surface area contributed by atoms with Crippen LogP contribution < -0.4 is 0 Å². The van der Waals surface area contributed by atoms with Crippen molar-refractivity contribution in [3.8, 4) is 0 Å². The van der Waals surface area contributed by atoms with Crippen molar-refractivity contribution in [3.05, 3.63) is 24.8 Å². The molecule has 0 aliphatic rings. The van der Waals surface area contributed by atoms with Crippen LogP contribution in [0.2, 0.25) is 0 Å². The second-order valence-electron chi connectivity index (χ2n) is 1.99. The predicted octanol–water partition coefficient (Wildman–Crippen LogP) is 1.98. The lowest BCUT2D eigenvalue weighted by Crippen LogP contribution is -1.93. The summed E-state index contributed by atoms with van der Waals surface area (Å²) in [6.07, 6.45) is 1.73. The van der Waals surface area contributed by atoms with Gasteiger partial charge in [-0.3, -0.25) is 0 Å². The Morgan fingerprint density at radius 3 is 1.75 bits per heavy atom. The van der Waals surface area contributed by atoms with E-state index in [1.165, 1.54) is 6.26 Å². The minimum Gasteiger partial charge on any atom is -0.499 e. The number of hydrogen-bond donors (Lipinski definition) is 0. The van der Waals surface area contributed by atoms with Gasteiger partial charge in [0.15, 0.2) is 0 Å². The molecule has 0 radical (unpaired) electrons. The molecule has 0 aromatic heterocycles. The van der Waals surface area contributed by atoms with Gasteiger partial charge in [-0.1, -0.05) is 13.2 Å². The van der Waals surface area contributed by atoms with Crippen LogP contribution in [0.1, 0.15) is 13.8 Å². The monoisotopic (exact) mass is 196 g/mol. The molecule has 0 atom stereocenters. The normalized spacial score (nSPS) is 9.67. The third kappa shape index (κ3) is 22.9. The van der Waals surface area contributed by atoms with E-state index in [0.29, 0.717) is 0 Å². The van der Waals surface area contributed by atoms with Gasteiger partial charge < -0.3 is 4.74 Å². The van der Waals surface area contributed by atoms with Gasteiger partial charge in [-0.15, -0.1) is 3.89 Å². The Morgan fingerprint density at radius 2 is 1.75 bits per heavy atom. The molecular weight excluding hydrogens is 183 g/mol. The second kappa shape index (κ2) is 6.84. The maximum Gasteiger partial charge on any atom is 0.324 e. The molecule has 0 heterocycles. The number of hydrogen-bond acceptors (Lipinski definition) is 3. The number of rotatable bonds is 3. The van der Waals surface area contributed by atoms with Crippen molar-refractivity contribution in [3.63, 3.8) is 0 Å². The van der Waals surface area contributed by atoms with Gasteiger partial charge in [0.1, 0.15) is 0 Å². The fourth-order valence-electron chi connectivity index (χ4n) is 0.192. The lowest BCUT2D eigenvalue weighted by molar-refractivity contribution is 0.180. The van der Waals surface area contributed by atoms with Crippen LogP contribution in [0, 0.1) is 0 Å². The molecule has 0 aliphatic carbocycles. The zero-order valence-electron chi connectivity index (χ0n) is 7.16. The molecule has 0 aromatic carbocycles. The van der Waals surface area contributed by atoms with Gasteiger partial charge in [0.2, 0.25) is 0 Å². The first-order valence-electron chi connectivity index (χ1n) is 3.17. The summed E-state index contributed by atoms with van der Waals surface area (Å²) in [6, 6.07) is 0. The third-order valence-corrected chi connectivity index (χ3v) is 0.966. The number of halogens is 1. The minimum atomic E-state index is -4.40. The lowest BCUT2D eigenvalue weighted by Gasteiger charge is -1.99. The van der Waals surface area contributed by atoms with Crippen molar-refractivity contribution in [2.75, 3.05) is 0 Å². The molecule has 72 valence electrons. The molecule has 0 amide bonds. The Kier molecular flexibility index (Phi) is 7.83. The molecule has 0 bridgehead atoms. The van der Waals surface area contributed by atoms with Crippen LogP contribution in [0.5, 0.6) is 0 Å². The summed E-state index contributed by atoms with van der Waals surface area (Å²) in [4.78, 5) is 0. The van der Waals surface area contributed by atoms with E-state index in [-0.39, 0.29) is 11.5 Å². The molecule has 0 unspecified atom stereocenters. The van der Waals surface area contributed by atoms with Gasteiger partial charge in [0.25, 0.3) is 0 Å². The summed E-state index contributed by atoms with van der Waals surface area (Å²) in [5, 5.41) is 0.243. The van der Waals surface area contributed by atoms with E-state index in [1.807, 2.05) is 13.8 Å². The van der Waals surface area contributed by atoms with Gasteiger partial charge in [-0.05, 0) is 13.8 Å². The Hall–Kier alpha value is -0.840. The summed E-state index contributed by atoms with van der Waals surface area (Å²) in [6.45, 7) is 9.97. The summed E-state index contributed by atoms with van der Waals surface area (Å²) >= 11 is 0. The quantitative estimate of drug-likeness (QED) is 0.512. The topological polar surface area (TPSA) is 43.4 Å². The first-order valence-corrected chi connectivity index (χ1v) is 4.61. The van der Waals surface area contributed by atoms with E-state index in [9.17, 15) is 12.3 Å². The average molecular weight is 196 g/mol. The molecule has 0 aliphatic heterocycles. The van der Waals surface area contributed by atoms with Gasteiger partial charge >= 0.3 is 10.2 Å². The highest BCUT2D eigenvalue weighted by atomic mass is 32.3. The van der Waals surface area contributed by atoms with Crippen LogP contribution in [0.15, 0.2) is 24.8 Å². The van der Waals surface area contributed by atoms with E-state index < -0.39 is 10.2 Å². The molecule has 0 fully saturated rings. The van der Waals surface area contributed by atoms with Crippen molar-refractivity contribution < 1.29 is 17.0 Å². The van der Waals surface area contributed by atoms with E-state index in [4.69, 9.17) is 4.74 Å². The van der Waals surface area contributed by atoms with Crippen molar-refractivity contribution in [2.24, 2.45) is 0 Å². The van der Waals surface area contributed by atoms with E-state index >= 15 is 0 Å². The Morgan fingerprint density at radius 1 is 1.42 bits per heavy atom. The van der Waals surface area contributed by atoms with Crippen LogP contribution >= 0.6 is 0 Å². The number of ether oxygens (including phenoxy) is 1. The third-order valence-electron chi connectivity index (χ3n) is 0.567. The highest BCUT2D eigenvalue weighted by Gasteiger charge is 1.92. The summed E-state index contributed by atoms with van der Waals surface area (Å²) < 4.78 is 34.2. The second-order valence-corrected chi connectivity index (χ2v) is 3.28. The Bertz CT molecular complexity index is 207. The zero-order chi connectivity index (χ0) is 10.2. The summed E-state index contributed by atoms with van der Waals surface area (Å²) in [7, 11) is -4.40. The van der Waals surface area contributed by atoms with Crippen molar-refractivity contribution >= 4 is 10.2 Å². The molecular formula is C7H13FO3S. The minimum absolute atomic E-state index is 0.243. The van der Waals surface area contributed by atoms with E-state index in [0.717, 1.165) is 0 Å². The maximum atomic E-state index is 11.0. The van der Waals surface area contributed by atoms with Gasteiger partial charge in [-0.25, -0.2) is 0 Å². The summed E-state index contributed by atoms with van der Waals surface area (Å²) in [5.41, 5.74) is 0. The highest BCUT2D eigenvalue weighted by molar-refractivity contribution is 7.89.